The fourth-order valence-electron chi connectivity index (χ4n) is 2.91. The number of thiophene rings is 1. The van der Waals surface area contributed by atoms with Crippen LogP contribution in [0.5, 0.6) is 0 Å². The van der Waals surface area contributed by atoms with Crippen LogP contribution in [0.15, 0.2) is 36.9 Å². The molecule has 0 radical (unpaired) electrons. The highest BCUT2D eigenvalue weighted by Crippen LogP contribution is 2.48. The molecular formula is C24H36NO6PS. The van der Waals surface area contributed by atoms with E-state index in [1.54, 1.807) is 26.8 Å². The van der Waals surface area contributed by atoms with E-state index in [2.05, 4.69) is 11.7 Å². The zero-order valence-electron chi connectivity index (χ0n) is 20.4. The minimum absolute atomic E-state index is 0.0906. The van der Waals surface area contributed by atoms with Crippen molar-refractivity contribution in [3.63, 3.8) is 0 Å². The molecule has 1 N–H and O–H groups in total. The van der Waals surface area contributed by atoms with Crippen molar-refractivity contribution in [2.24, 2.45) is 0 Å². The van der Waals surface area contributed by atoms with Gasteiger partial charge in [0, 0.05) is 4.70 Å². The Kier molecular flexibility index (Phi) is 12.0. The van der Waals surface area contributed by atoms with Crippen molar-refractivity contribution < 1.29 is 28.2 Å². The van der Waals surface area contributed by atoms with Crippen LogP contribution in [0.25, 0.3) is 10.1 Å². The first-order valence-corrected chi connectivity index (χ1v) is 13.8. The molecule has 1 aromatic heterocycles. The topological polar surface area (TPSA) is 90.9 Å². The lowest BCUT2D eigenvalue weighted by molar-refractivity contribution is -0.149. The number of rotatable bonds is 12. The van der Waals surface area contributed by atoms with E-state index in [-0.39, 0.29) is 19.4 Å². The number of nitrogens with one attached hydrogen (secondary N) is 1. The van der Waals surface area contributed by atoms with Crippen LogP contribution in [0.3, 0.4) is 0 Å². The lowest BCUT2D eigenvalue weighted by Gasteiger charge is -2.29. The summed E-state index contributed by atoms with van der Waals surface area (Å²) in [5.74, 6) is -0.887. The molecule has 2 aromatic rings. The lowest BCUT2D eigenvalue weighted by Crippen LogP contribution is -2.46. The molecule has 0 fully saturated rings. The largest absolute Gasteiger partial charge is 0.464 e. The molecule has 1 aromatic carbocycles. The summed E-state index contributed by atoms with van der Waals surface area (Å²) >= 11 is 1.33. The fourth-order valence-corrected chi connectivity index (χ4v) is 6.12. The van der Waals surface area contributed by atoms with Gasteiger partial charge in [-0.15, -0.1) is 11.3 Å². The maximum Gasteiger partial charge on any atom is 0.348 e. The van der Waals surface area contributed by atoms with Crippen LogP contribution in [0, 0.1) is 0 Å². The number of hydrogen-bond acceptors (Lipinski definition) is 7. The first kappa shape index (κ1) is 29.0. The molecule has 0 saturated carbocycles. The van der Waals surface area contributed by atoms with E-state index in [0.717, 1.165) is 15.6 Å². The van der Waals surface area contributed by atoms with Gasteiger partial charge in [-0.3, -0.25) is 9.36 Å². The Bertz CT molecular complexity index is 984. The number of carbonyl (C=O) groups is 2. The summed E-state index contributed by atoms with van der Waals surface area (Å²) in [7, 11) is -3.40. The van der Waals surface area contributed by atoms with Crippen molar-refractivity contribution in [2.75, 3.05) is 19.8 Å². The highest BCUT2D eigenvalue weighted by molar-refractivity contribution is 7.56. The molecule has 2 rings (SSSR count). The lowest BCUT2D eigenvalue weighted by atomic mass is 10.1. The molecule has 0 amide bonds. The quantitative estimate of drug-likeness (QED) is 0.208. The highest BCUT2D eigenvalue weighted by atomic mass is 32.1. The number of hydrogen-bond donors (Lipinski definition) is 1. The zero-order valence-corrected chi connectivity index (χ0v) is 22.1. The molecule has 0 aliphatic heterocycles. The first-order valence-electron chi connectivity index (χ1n) is 11.1. The first-order chi connectivity index (χ1) is 15.6. The zero-order chi connectivity index (χ0) is 25.1. The van der Waals surface area contributed by atoms with E-state index < -0.39 is 25.0 Å². The van der Waals surface area contributed by atoms with Gasteiger partial charge in [0.05, 0.1) is 19.4 Å². The molecule has 33 heavy (non-hydrogen) atoms. The molecule has 9 heteroatoms. The molecule has 1 heterocycles. The van der Waals surface area contributed by atoms with Gasteiger partial charge < -0.3 is 14.0 Å². The average Bonchev–Trinajstić information content (AvgIpc) is 3.20. The van der Waals surface area contributed by atoms with E-state index in [1.165, 1.54) is 17.4 Å². The van der Waals surface area contributed by atoms with Crippen LogP contribution in [-0.4, -0.2) is 37.3 Å². The van der Waals surface area contributed by atoms with Crippen LogP contribution in [0.2, 0.25) is 0 Å². The Morgan fingerprint density at radius 2 is 1.88 bits per heavy atom. The standard InChI is InChI=1S/C22H30NO6PS.C2H6/c1-6-11-27-20(24)19-14-17-13-16(9-10-18(17)31-19)15-30(26,29-8-3)23-22(4,5)21(25)28-12-7-2;1-2/h6,9-10,13-14H,1,7-8,11-12,15H2,2-5H3,(H,23,26);1-2H3. The summed E-state index contributed by atoms with van der Waals surface area (Å²) < 4.78 is 30.3. The Balaban J connectivity index is 0.00000265. The van der Waals surface area contributed by atoms with Crippen LogP contribution in [-0.2, 0) is 29.5 Å². The van der Waals surface area contributed by atoms with Crippen molar-refractivity contribution in [1.29, 1.82) is 0 Å². The van der Waals surface area contributed by atoms with E-state index in [4.69, 9.17) is 14.0 Å². The normalized spacial score (nSPS) is 12.9. The molecule has 0 aliphatic rings. The minimum atomic E-state index is -3.40. The summed E-state index contributed by atoms with van der Waals surface area (Å²) in [5.41, 5.74) is -0.410. The Morgan fingerprint density at radius 3 is 2.48 bits per heavy atom. The average molecular weight is 498 g/mol. The van der Waals surface area contributed by atoms with E-state index in [0.29, 0.717) is 17.9 Å². The third kappa shape index (κ3) is 8.70. The van der Waals surface area contributed by atoms with Crippen LogP contribution in [0.1, 0.15) is 63.2 Å². The Labute approximate surface area is 201 Å². The van der Waals surface area contributed by atoms with Crippen LogP contribution >= 0.6 is 18.9 Å². The van der Waals surface area contributed by atoms with Crippen LogP contribution < -0.4 is 5.09 Å². The number of benzene rings is 1. The summed E-state index contributed by atoms with van der Waals surface area (Å²) in [5, 5.41) is 3.75. The molecular weight excluding hydrogens is 461 g/mol. The number of carbonyl (C=O) groups excluding carboxylic acids is 2. The van der Waals surface area contributed by atoms with Gasteiger partial charge in [0.1, 0.15) is 17.0 Å². The van der Waals surface area contributed by atoms with Crippen molar-refractivity contribution in [3.05, 3.63) is 47.4 Å². The molecule has 7 nitrogen and oxygen atoms in total. The SMILES string of the molecule is C=CCOC(=O)c1cc2cc(CP(=O)(NC(C)(C)C(=O)OCCC)OCC)ccc2s1.CC. The van der Waals surface area contributed by atoms with Gasteiger partial charge in [-0.2, -0.15) is 0 Å². The smallest absolute Gasteiger partial charge is 0.348 e. The Hall–Kier alpha value is -1.99. The summed E-state index contributed by atoms with van der Waals surface area (Å²) in [6, 6.07) is 7.33. The molecule has 0 saturated heterocycles. The van der Waals surface area contributed by atoms with Gasteiger partial charge in [-0.05, 0) is 56.3 Å². The van der Waals surface area contributed by atoms with Crippen molar-refractivity contribution in [2.45, 2.75) is 59.7 Å². The van der Waals surface area contributed by atoms with Crippen molar-refractivity contribution in [1.82, 2.24) is 5.09 Å². The van der Waals surface area contributed by atoms with Gasteiger partial charge in [-0.1, -0.05) is 39.5 Å². The summed E-state index contributed by atoms with van der Waals surface area (Å²) in [6.45, 7) is 15.1. The molecule has 184 valence electrons. The number of fused-ring (bicyclic) bond motifs is 1. The monoisotopic (exact) mass is 497 g/mol. The second-order valence-electron chi connectivity index (χ2n) is 7.49. The van der Waals surface area contributed by atoms with Crippen molar-refractivity contribution in [3.8, 4) is 0 Å². The minimum Gasteiger partial charge on any atom is -0.464 e. The Morgan fingerprint density at radius 1 is 1.18 bits per heavy atom. The van der Waals surface area contributed by atoms with Gasteiger partial charge >= 0.3 is 11.9 Å². The number of ether oxygens (including phenoxy) is 2. The van der Waals surface area contributed by atoms with E-state index in [1.807, 2.05) is 39.0 Å². The second-order valence-corrected chi connectivity index (χ2v) is 10.7. The van der Waals surface area contributed by atoms with Crippen LogP contribution in [0.4, 0.5) is 0 Å². The third-order valence-corrected chi connectivity index (χ3v) is 7.69. The molecule has 1 atom stereocenters. The predicted octanol–water partition coefficient (Wildman–Crippen LogP) is 6.32. The van der Waals surface area contributed by atoms with Gasteiger partial charge in [0.25, 0.3) is 7.52 Å². The molecule has 1 unspecified atom stereocenters. The van der Waals surface area contributed by atoms with Gasteiger partial charge in [0.15, 0.2) is 0 Å². The summed E-state index contributed by atoms with van der Waals surface area (Å²) in [4.78, 5) is 24.9. The number of esters is 2. The highest BCUT2D eigenvalue weighted by Gasteiger charge is 2.38. The van der Waals surface area contributed by atoms with E-state index in [9.17, 15) is 14.2 Å². The van der Waals surface area contributed by atoms with Crippen molar-refractivity contribution >= 4 is 40.9 Å². The maximum atomic E-state index is 13.5. The maximum absolute atomic E-state index is 13.5. The van der Waals surface area contributed by atoms with E-state index >= 15 is 0 Å². The second kappa shape index (κ2) is 13.7. The van der Waals surface area contributed by atoms with Gasteiger partial charge in [-0.25, -0.2) is 9.88 Å². The van der Waals surface area contributed by atoms with Gasteiger partial charge in [0.2, 0.25) is 0 Å². The summed E-state index contributed by atoms with van der Waals surface area (Å²) in [6.07, 6.45) is 2.31. The molecule has 0 spiro atoms. The third-order valence-electron chi connectivity index (χ3n) is 4.24. The molecule has 0 aliphatic carbocycles. The predicted molar refractivity (Wildman–Crippen MR) is 135 cm³/mol. The molecule has 0 bridgehead atoms. The fraction of sp³-hybridized carbons (Fsp3) is 0.500.